The molecule has 0 spiro atoms. The first-order valence-corrected chi connectivity index (χ1v) is 6.86. The van der Waals surface area contributed by atoms with Crippen LogP contribution < -0.4 is 11.1 Å². The van der Waals surface area contributed by atoms with Crippen LogP contribution in [0.5, 0.6) is 0 Å². The molecule has 0 aliphatic rings. The maximum atomic E-state index is 10.0. The Morgan fingerprint density at radius 1 is 1.24 bits per heavy atom. The van der Waals surface area contributed by atoms with Gasteiger partial charge in [0.15, 0.2) is 0 Å². The summed E-state index contributed by atoms with van der Waals surface area (Å²) in [6.07, 6.45) is 0. The Labute approximate surface area is 147 Å². The number of halogens is 1. The third-order valence-electron chi connectivity index (χ3n) is 2.56. The summed E-state index contributed by atoms with van der Waals surface area (Å²) in [6, 6.07) is 5.75. The number of nitrogens with zero attached hydrogens (tertiary/aromatic N) is 3. The second kappa shape index (κ2) is 11.7. The molecule has 0 aliphatic heterocycles. The minimum absolute atomic E-state index is 0. The van der Waals surface area contributed by atoms with Gasteiger partial charge in [-0.25, -0.2) is 0 Å². The van der Waals surface area contributed by atoms with Crippen LogP contribution in [-0.2, 0) is 19.5 Å². The van der Waals surface area contributed by atoms with Gasteiger partial charge >= 0.3 is 19.5 Å². The van der Waals surface area contributed by atoms with Gasteiger partial charge in [-0.3, -0.25) is 9.98 Å². The van der Waals surface area contributed by atoms with Gasteiger partial charge in [-0.2, -0.15) is 0 Å². The third kappa shape index (κ3) is 7.07. The Balaban J connectivity index is 0. The molecular formula is C14H21BrN5Ru. The summed E-state index contributed by atoms with van der Waals surface area (Å²) in [4.78, 5) is 8.03. The number of rotatable bonds is 3. The van der Waals surface area contributed by atoms with E-state index in [1.807, 2.05) is 25.1 Å². The molecule has 21 heavy (non-hydrogen) atoms. The zero-order chi connectivity index (χ0) is 15.7. The number of anilines is 1. The number of hydrogen-bond acceptors (Lipinski definition) is 3. The number of aryl methyl sites for hydroxylation is 1. The fourth-order valence-corrected chi connectivity index (χ4v) is 1.79. The number of aliphatic imine (C=N–C) groups is 2. The predicted octanol–water partition coefficient (Wildman–Crippen LogP) is 2.87. The van der Waals surface area contributed by atoms with Crippen molar-refractivity contribution in [3.63, 3.8) is 0 Å². The van der Waals surface area contributed by atoms with E-state index < -0.39 is 0 Å². The van der Waals surface area contributed by atoms with Gasteiger partial charge in [0.25, 0.3) is 0 Å². The minimum Gasteiger partial charge on any atom is -0.463 e. The van der Waals surface area contributed by atoms with Crippen molar-refractivity contribution in [3.05, 3.63) is 33.6 Å². The molecule has 0 amide bonds. The molecule has 0 unspecified atom stereocenters. The zero-order valence-corrected chi connectivity index (χ0v) is 16.2. The quantitative estimate of drug-likeness (QED) is 0.431. The van der Waals surface area contributed by atoms with Gasteiger partial charge in [-0.05, 0) is 44.0 Å². The first-order chi connectivity index (χ1) is 9.49. The van der Waals surface area contributed by atoms with Crippen LogP contribution in [0.4, 0.5) is 5.69 Å². The summed E-state index contributed by atoms with van der Waals surface area (Å²) in [5.41, 5.74) is 7.55. The summed E-state index contributed by atoms with van der Waals surface area (Å²) in [6.45, 7) is 3.80. The van der Waals surface area contributed by atoms with E-state index in [1.165, 1.54) is 7.05 Å². The topological polar surface area (TPSA) is 85.1 Å². The van der Waals surface area contributed by atoms with E-state index in [0.29, 0.717) is 11.4 Å². The van der Waals surface area contributed by atoms with Crippen molar-refractivity contribution >= 4 is 38.9 Å². The largest absolute Gasteiger partial charge is 1.00 e. The van der Waals surface area contributed by atoms with Gasteiger partial charge in [0.05, 0.1) is 11.4 Å². The molecule has 1 aromatic carbocycles. The maximum absolute atomic E-state index is 10.0. The summed E-state index contributed by atoms with van der Waals surface area (Å²) in [5, 5.41) is 12.9. The van der Waals surface area contributed by atoms with Crippen LogP contribution in [0.15, 0.2) is 32.7 Å². The molecule has 0 heterocycles. The summed E-state index contributed by atoms with van der Waals surface area (Å²) in [7, 11) is 4.78. The predicted molar refractivity (Wildman–Crippen MR) is 93.4 cm³/mol. The van der Waals surface area contributed by atoms with Crippen LogP contribution >= 0.6 is 15.9 Å². The Bertz CT molecular complexity index is 526. The summed E-state index contributed by atoms with van der Waals surface area (Å²) in [5.74, 6) is -0.00338. The van der Waals surface area contributed by atoms with Crippen molar-refractivity contribution in [1.82, 2.24) is 0 Å². The second-order valence-electron chi connectivity index (χ2n) is 3.82. The Morgan fingerprint density at radius 3 is 2.24 bits per heavy atom. The Hall–Kier alpha value is -0.907. The Kier molecular flexibility index (Phi) is 12.5. The molecule has 0 aromatic heterocycles. The fourth-order valence-electron chi connectivity index (χ4n) is 1.41. The molecular weight excluding hydrogens is 419 g/mol. The SMILES string of the molecule is CN.CN=C(C)C(=NC)C(=[N-])Nc1ccc(C)c(Br)c1.[Ru+]. The molecule has 3 N–H and O–H groups in total. The van der Waals surface area contributed by atoms with Gasteiger partial charge in [0.2, 0.25) is 0 Å². The molecule has 7 heteroatoms. The molecule has 0 aliphatic carbocycles. The number of nitrogens with two attached hydrogens (primary N) is 1. The van der Waals surface area contributed by atoms with Crippen molar-refractivity contribution in [2.45, 2.75) is 13.8 Å². The maximum Gasteiger partial charge on any atom is 1.00 e. The van der Waals surface area contributed by atoms with Crippen molar-refractivity contribution in [2.24, 2.45) is 15.7 Å². The van der Waals surface area contributed by atoms with Crippen LogP contribution in [0.1, 0.15) is 12.5 Å². The van der Waals surface area contributed by atoms with Gasteiger partial charge in [0.1, 0.15) is 0 Å². The first kappa shape index (κ1) is 22.4. The van der Waals surface area contributed by atoms with Crippen LogP contribution in [0.25, 0.3) is 5.41 Å². The van der Waals surface area contributed by atoms with E-state index in [2.05, 4.69) is 37.0 Å². The van der Waals surface area contributed by atoms with E-state index in [1.54, 1.807) is 21.0 Å². The van der Waals surface area contributed by atoms with Crippen LogP contribution in [0.3, 0.4) is 0 Å². The number of hydrogen-bond donors (Lipinski definition) is 2. The van der Waals surface area contributed by atoms with Crippen LogP contribution in [0.2, 0.25) is 0 Å². The standard InChI is InChI=1S/C13H16BrN4.CH5N.Ru/c1-8-5-6-10(7-11(8)14)18-13(15)12(17-4)9(2)16-3;1-2;/h5-7H,1-4H3,(H-,15,18);2H2,1H3;/q-1;;+1. The van der Waals surface area contributed by atoms with Crippen molar-refractivity contribution < 1.29 is 19.5 Å². The van der Waals surface area contributed by atoms with Gasteiger partial charge in [-0.15, -0.1) is 0 Å². The zero-order valence-electron chi connectivity index (χ0n) is 12.9. The molecule has 1 rings (SSSR count). The van der Waals surface area contributed by atoms with Crippen LogP contribution in [0, 0.1) is 6.92 Å². The number of nitrogens with one attached hydrogen (secondary N) is 1. The molecule has 1 radical (unpaired) electrons. The first-order valence-electron chi connectivity index (χ1n) is 6.07. The van der Waals surface area contributed by atoms with Gasteiger partial charge in [-0.1, -0.05) is 28.1 Å². The van der Waals surface area contributed by atoms with E-state index in [-0.39, 0.29) is 25.3 Å². The van der Waals surface area contributed by atoms with Gasteiger partial charge < -0.3 is 16.5 Å². The van der Waals surface area contributed by atoms with Crippen molar-refractivity contribution in [3.8, 4) is 0 Å². The molecule has 0 saturated carbocycles. The monoisotopic (exact) mass is 440 g/mol. The number of benzene rings is 1. The van der Waals surface area contributed by atoms with E-state index >= 15 is 0 Å². The van der Waals surface area contributed by atoms with E-state index in [4.69, 9.17) is 0 Å². The Morgan fingerprint density at radius 2 is 1.81 bits per heavy atom. The summed E-state index contributed by atoms with van der Waals surface area (Å²) < 4.78 is 0.983. The molecule has 0 saturated heterocycles. The van der Waals surface area contributed by atoms with Crippen molar-refractivity contribution in [1.29, 1.82) is 0 Å². The average molecular weight is 440 g/mol. The minimum atomic E-state index is -0.00338. The molecule has 0 atom stereocenters. The average Bonchev–Trinajstić information content (AvgIpc) is 2.45. The third-order valence-corrected chi connectivity index (χ3v) is 3.41. The van der Waals surface area contributed by atoms with Crippen LogP contribution in [-0.4, -0.2) is 38.4 Å². The normalized spacial score (nSPS) is 11.0. The molecule has 0 fully saturated rings. The molecule has 0 bridgehead atoms. The second-order valence-corrected chi connectivity index (χ2v) is 4.67. The van der Waals surface area contributed by atoms with Gasteiger partial charge in [0, 0.05) is 18.6 Å². The van der Waals surface area contributed by atoms with Crippen molar-refractivity contribution in [2.75, 3.05) is 26.5 Å². The van der Waals surface area contributed by atoms with E-state index in [0.717, 1.165) is 15.7 Å². The molecule has 1 aromatic rings. The molecule has 117 valence electrons. The smallest absolute Gasteiger partial charge is 0.463 e. The van der Waals surface area contributed by atoms with E-state index in [9.17, 15) is 5.41 Å². The summed E-state index contributed by atoms with van der Waals surface area (Å²) >= 11 is 3.45. The fraction of sp³-hybridized carbons (Fsp3) is 0.357. The molecule has 5 nitrogen and oxygen atoms in total. The number of amidine groups is 1.